The van der Waals surface area contributed by atoms with Crippen LogP contribution < -0.4 is 0 Å². The van der Waals surface area contributed by atoms with E-state index in [1.165, 1.54) is 103 Å². The quantitative estimate of drug-likeness (QED) is 0.241. The van der Waals surface area contributed by atoms with E-state index in [0.717, 1.165) is 0 Å². The van der Waals surface area contributed by atoms with Gasteiger partial charge in [-0.25, -0.2) is 0 Å². The van der Waals surface area contributed by atoms with E-state index in [9.17, 15) is 0 Å². The van der Waals surface area contributed by atoms with Crippen LogP contribution in [0.1, 0.15) is 124 Å². The monoisotopic (exact) mass is 352 g/mol. The molecule has 0 heterocycles. The molecule has 0 aliphatic rings. The summed E-state index contributed by atoms with van der Waals surface area (Å²) < 4.78 is 8.74. The second kappa shape index (κ2) is 27.0. The summed E-state index contributed by atoms with van der Waals surface area (Å²) in [6, 6.07) is 0. The molecule has 23 heavy (non-hydrogen) atoms. The molecular weight excluding hydrogens is 307 g/mol. The summed E-state index contributed by atoms with van der Waals surface area (Å²) in [6.07, 6.45) is 23.4. The zero-order chi connectivity index (χ0) is 16.9. The van der Waals surface area contributed by atoms with Crippen LogP contribution in [0, 0.1) is 0 Å². The molecule has 0 aliphatic heterocycles. The average Bonchev–Trinajstić information content (AvgIpc) is 2.47. The van der Waals surface area contributed by atoms with Gasteiger partial charge in [0, 0.05) is 0 Å². The van der Waals surface area contributed by atoms with E-state index in [1.807, 2.05) is 0 Å². The van der Waals surface area contributed by atoms with Crippen LogP contribution >= 0.6 is 8.25 Å². The van der Waals surface area contributed by atoms with Gasteiger partial charge >= 0.3 is 8.25 Å². The molecule has 0 spiro atoms. The van der Waals surface area contributed by atoms with Crippen molar-refractivity contribution in [1.29, 1.82) is 0 Å². The van der Waals surface area contributed by atoms with E-state index in [2.05, 4.69) is 13.8 Å². The van der Waals surface area contributed by atoms with Crippen LogP contribution in [0.4, 0.5) is 0 Å². The van der Waals surface area contributed by atoms with Crippen LogP contribution in [0.5, 0.6) is 0 Å². The van der Waals surface area contributed by atoms with Crippen molar-refractivity contribution in [2.75, 3.05) is 0 Å². The summed E-state index contributed by atoms with van der Waals surface area (Å²) >= 11 is 0. The first-order valence-electron chi connectivity index (χ1n) is 9.57. The molecule has 0 aliphatic carbocycles. The maximum atomic E-state index is 8.74. The Hall–Kier alpha value is 0.150. The largest absolute Gasteiger partial charge is 0.326 e. The lowest BCUT2D eigenvalue weighted by atomic mass is 10.0. The summed E-state index contributed by atoms with van der Waals surface area (Å²) in [5, 5.41) is 0. The first kappa shape index (κ1) is 28.0. The van der Waals surface area contributed by atoms with Crippen LogP contribution in [0.15, 0.2) is 0 Å². The molecule has 0 fully saturated rings. The van der Waals surface area contributed by atoms with E-state index < -0.39 is 8.25 Å². The summed E-state index contributed by atoms with van der Waals surface area (Å²) in [7, 11) is -3.13. The zero-order valence-electron chi connectivity index (χ0n) is 15.1. The highest BCUT2D eigenvalue weighted by Gasteiger charge is 1.93. The van der Waals surface area contributed by atoms with Gasteiger partial charge in [-0.05, 0) is 0 Å². The molecule has 0 radical (unpaired) electrons. The third-order valence-corrected chi connectivity index (χ3v) is 3.96. The van der Waals surface area contributed by atoms with E-state index >= 15 is 0 Å². The first-order chi connectivity index (χ1) is 10.6. The summed E-state index contributed by atoms with van der Waals surface area (Å²) in [5.74, 6) is 0. The molecule has 0 aromatic rings. The predicted octanol–water partition coefficient (Wildman–Crippen LogP) is 7.26. The second-order valence-corrected chi connectivity index (χ2v) is 6.80. The fraction of sp³-hybridized carbons (Fsp3) is 1.00. The SMILES string of the molecule is C.CCCCCCCCCCCCCCCCCC.O=[PH](O)O. The van der Waals surface area contributed by atoms with Crippen molar-refractivity contribution >= 4 is 8.25 Å². The standard InChI is InChI=1S/C18H38.CH4.H3O3P/c1-3-5-7-9-11-13-15-17-18-16-14-12-10-8-6-4-2;;1-4(2)3/h3-18H2,1-2H3;1H4;4H,(H2,1,2,3). The second-order valence-electron chi connectivity index (χ2n) is 6.23. The molecule has 144 valence electrons. The van der Waals surface area contributed by atoms with E-state index in [1.54, 1.807) is 0 Å². The van der Waals surface area contributed by atoms with Gasteiger partial charge in [0.15, 0.2) is 0 Å². The van der Waals surface area contributed by atoms with Crippen LogP contribution in [-0.4, -0.2) is 9.79 Å². The molecule has 0 amide bonds. The normalized spacial score (nSPS) is 10.1. The Morgan fingerprint density at radius 1 is 0.522 bits per heavy atom. The molecule has 0 aromatic carbocycles. The van der Waals surface area contributed by atoms with Gasteiger partial charge < -0.3 is 9.79 Å². The summed E-state index contributed by atoms with van der Waals surface area (Å²) in [5.41, 5.74) is 0. The fourth-order valence-electron chi connectivity index (χ4n) is 2.62. The van der Waals surface area contributed by atoms with Crippen molar-refractivity contribution in [1.82, 2.24) is 0 Å². The molecule has 0 saturated heterocycles. The van der Waals surface area contributed by atoms with E-state index in [0.29, 0.717) is 0 Å². The third-order valence-electron chi connectivity index (χ3n) is 3.96. The Morgan fingerprint density at radius 3 is 0.783 bits per heavy atom. The van der Waals surface area contributed by atoms with Crippen molar-refractivity contribution in [2.45, 2.75) is 124 Å². The van der Waals surface area contributed by atoms with Crippen LogP contribution in [0.3, 0.4) is 0 Å². The van der Waals surface area contributed by atoms with Gasteiger partial charge in [0.05, 0.1) is 0 Å². The van der Waals surface area contributed by atoms with E-state index in [4.69, 9.17) is 14.4 Å². The number of rotatable bonds is 15. The zero-order valence-corrected chi connectivity index (χ0v) is 16.1. The molecule has 0 atom stereocenters. The van der Waals surface area contributed by atoms with E-state index in [-0.39, 0.29) is 7.43 Å². The summed E-state index contributed by atoms with van der Waals surface area (Å²) in [4.78, 5) is 14.3. The Kier molecular flexibility index (Phi) is 32.9. The number of hydrogen-bond acceptors (Lipinski definition) is 1. The predicted molar refractivity (Wildman–Crippen MR) is 105 cm³/mol. The molecule has 0 aromatic heterocycles. The molecule has 0 saturated carbocycles. The molecular formula is C19H45O3P. The van der Waals surface area contributed by atoms with Gasteiger partial charge in [-0.2, -0.15) is 0 Å². The van der Waals surface area contributed by atoms with Crippen molar-refractivity contribution in [3.05, 3.63) is 0 Å². The highest BCUT2D eigenvalue weighted by molar-refractivity contribution is 7.30. The number of unbranched alkanes of at least 4 members (excludes halogenated alkanes) is 15. The van der Waals surface area contributed by atoms with Gasteiger partial charge in [0.25, 0.3) is 0 Å². The lowest BCUT2D eigenvalue weighted by Gasteiger charge is -2.03. The molecule has 4 heteroatoms. The fourth-order valence-corrected chi connectivity index (χ4v) is 2.62. The van der Waals surface area contributed by atoms with Crippen molar-refractivity contribution < 1.29 is 14.4 Å². The third kappa shape index (κ3) is 39.2. The minimum Gasteiger partial charge on any atom is -0.326 e. The van der Waals surface area contributed by atoms with Crippen LogP contribution in [0.2, 0.25) is 0 Å². The molecule has 0 rings (SSSR count). The average molecular weight is 353 g/mol. The first-order valence-corrected chi connectivity index (χ1v) is 10.9. The van der Waals surface area contributed by atoms with Gasteiger partial charge in [-0.3, -0.25) is 4.57 Å². The van der Waals surface area contributed by atoms with Gasteiger partial charge in [0.1, 0.15) is 0 Å². The lowest BCUT2D eigenvalue weighted by molar-refractivity contribution is 0.405. The highest BCUT2D eigenvalue weighted by Crippen LogP contribution is 2.13. The van der Waals surface area contributed by atoms with Crippen LogP contribution in [0.25, 0.3) is 0 Å². The topological polar surface area (TPSA) is 57.5 Å². The van der Waals surface area contributed by atoms with Gasteiger partial charge in [-0.1, -0.05) is 124 Å². The van der Waals surface area contributed by atoms with Crippen molar-refractivity contribution in [2.24, 2.45) is 0 Å². The lowest BCUT2D eigenvalue weighted by Crippen LogP contribution is -1.83. The Balaban J connectivity index is -0.000000712. The minimum absolute atomic E-state index is 0. The van der Waals surface area contributed by atoms with Gasteiger partial charge in [-0.15, -0.1) is 0 Å². The Bertz CT molecular complexity index is 191. The minimum atomic E-state index is -3.13. The Morgan fingerprint density at radius 2 is 0.652 bits per heavy atom. The van der Waals surface area contributed by atoms with Gasteiger partial charge in [0.2, 0.25) is 0 Å². The number of hydrogen-bond donors (Lipinski definition) is 2. The Labute approximate surface area is 147 Å². The molecule has 3 nitrogen and oxygen atoms in total. The molecule has 0 unspecified atom stereocenters. The van der Waals surface area contributed by atoms with Crippen molar-refractivity contribution in [3.63, 3.8) is 0 Å². The van der Waals surface area contributed by atoms with Crippen LogP contribution in [-0.2, 0) is 4.57 Å². The molecule has 0 bridgehead atoms. The maximum Gasteiger partial charge on any atom is 0.314 e. The molecule has 2 N–H and O–H groups in total. The highest BCUT2D eigenvalue weighted by atomic mass is 31.1. The smallest absolute Gasteiger partial charge is 0.314 e. The van der Waals surface area contributed by atoms with Crippen molar-refractivity contribution in [3.8, 4) is 0 Å². The summed E-state index contributed by atoms with van der Waals surface area (Å²) in [6.45, 7) is 4.59. The maximum absolute atomic E-state index is 8.74.